The molecule has 90 valence electrons. The van der Waals surface area contributed by atoms with Crippen molar-refractivity contribution in [1.29, 1.82) is 0 Å². The van der Waals surface area contributed by atoms with Gasteiger partial charge < -0.3 is 5.32 Å². The third kappa shape index (κ3) is 4.22. The molecule has 0 saturated carbocycles. The minimum atomic E-state index is -0.194. The SMILES string of the molecule is CCCCC(C)NCc1cccc(F)c1Br. The molecular weight excluding hydrogens is 269 g/mol. The van der Waals surface area contributed by atoms with Crippen LogP contribution in [0.15, 0.2) is 22.7 Å². The van der Waals surface area contributed by atoms with Crippen LogP contribution < -0.4 is 5.32 Å². The molecule has 1 aromatic rings. The van der Waals surface area contributed by atoms with Crippen molar-refractivity contribution in [3.05, 3.63) is 34.1 Å². The van der Waals surface area contributed by atoms with E-state index >= 15 is 0 Å². The van der Waals surface area contributed by atoms with E-state index in [0.717, 1.165) is 5.56 Å². The zero-order valence-electron chi connectivity index (χ0n) is 9.89. The molecule has 0 fully saturated rings. The van der Waals surface area contributed by atoms with Gasteiger partial charge in [-0.15, -0.1) is 0 Å². The van der Waals surface area contributed by atoms with Crippen LogP contribution in [0, 0.1) is 5.82 Å². The molecule has 0 aliphatic carbocycles. The Morgan fingerprint density at radius 3 is 2.88 bits per heavy atom. The van der Waals surface area contributed by atoms with Gasteiger partial charge in [0.25, 0.3) is 0 Å². The fourth-order valence-corrected chi connectivity index (χ4v) is 1.99. The molecule has 1 atom stereocenters. The second kappa shape index (κ2) is 7.02. The van der Waals surface area contributed by atoms with Crippen LogP contribution in [0.5, 0.6) is 0 Å². The summed E-state index contributed by atoms with van der Waals surface area (Å²) in [5, 5.41) is 3.41. The fourth-order valence-electron chi connectivity index (χ4n) is 1.58. The minimum absolute atomic E-state index is 0.194. The summed E-state index contributed by atoms with van der Waals surface area (Å²) in [5.41, 5.74) is 0.975. The number of halogens is 2. The van der Waals surface area contributed by atoms with Crippen molar-refractivity contribution >= 4 is 15.9 Å². The molecule has 0 aliphatic rings. The molecule has 16 heavy (non-hydrogen) atoms. The highest BCUT2D eigenvalue weighted by molar-refractivity contribution is 9.10. The van der Waals surface area contributed by atoms with Gasteiger partial charge in [0, 0.05) is 12.6 Å². The topological polar surface area (TPSA) is 12.0 Å². The monoisotopic (exact) mass is 287 g/mol. The Morgan fingerprint density at radius 2 is 2.19 bits per heavy atom. The second-order valence-electron chi connectivity index (χ2n) is 4.14. The van der Waals surface area contributed by atoms with Gasteiger partial charge in [-0.05, 0) is 40.9 Å². The van der Waals surface area contributed by atoms with E-state index in [1.165, 1.54) is 25.3 Å². The van der Waals surface area contributed by atoms with Crippen LogP contribution in [0.2, 0.25) is 0 Å². The lowest BCUT2D eigenvalue weighted by molar-refractivity contribution is 0.493. The molecule has 0 spiro atoms. The summed E-state index contributed by atoms with van der Waals surface area (Å²) in [7, 11) is 0. The van der Waals surface area contributed by atoms with Crippen LogP contribution in [0.3, 0.4) is 0 Å². The van der Waals surface area contributed by atoms with Crippen LogP contribution in [0.25, 0.3) is 0 Å². The van der Waals surface area contributed by atoms with Gasteiger partial charge in [-0.1, -0.05) is 31.9 Å². The van der Waals surface area contributed by atoms with Crippen molar-refractivity contribution in [1.82, 2.24) is 5.32 Å². The van der Waals surface area contributed by atoms with E-state index in [4.69, 9.17) is 0 Å². The maximum atomic E-state index is 13.2. The second-order valence-corrected chi connectivity index (χ2v) is 4.93. The summed E-state index contributed by atoms with van der Waals surface area (Å²) >= 11 is 3.27. The number of hydrogen-bond donors (Lipinski definition) is 1. The summed E-state index contributed by atoms with van der Waals surface area (Å²) in [4.78, 5) is 0. The molecule has 0 heterocycles. The molecule has 3 heteroatoms. The number of unbranched alkanes of at least 4 members (excludes halogenated alkanes) is 1. The summed E-state index contributed by atoms with van der Waals surface area (Å²) in [6.45, 7) is 5.07. The Bertz CT molecular complexity index is 328. The first-order valence-electron chi connectivity index (χ1n) is 5.81. The first kappa shape index (κ1) is 13.7. The quantitative estimate of drug-likeness (QED) is 0.825. The Labute approximate surface area is 106 Å². The molecular formula is C13H19BrFN. The lowest BCUT2D eigenvalue weighted by Gasteiger charge is -2.14. The number of nitrogens with one attached hydrogen (secondary N) is 1. The van der Waals surface area contributed by atoms with Gasteiger partial charge >= 0.3 is 0 Å². The molecule has 0 aliphatic heterocycles. The lowest BCUT2D eigenvalue weighted by atomic mass is 10.1. The normalized spacial score (nSPS) is 12.8. The van der Waals surface area contributed by atoms with Crippen LogP contribution in [-0.2, 0) is 6.54 Å². The highest BCUT2D eigenvalue weighted by Gasteiger charge is 2.06. The van der Waals surface area contributed by atoms with Gasteiger partial charge in [-0.25, -0.2) is 4.39 Å². The maximum absolute atomic E-state index is 13.2. The van der Waals surface area contributed by atoms with Gasteiger partial charge in [-0.3, -0.25) is 0 Å². The maximum Gasteiger partial charge on any atom is 0.137 e. The Morgan fingerprint density at radius 1 is 1.44 bits per heavy atom. The van der Waals surface area contributed by atoms with Crippen LogP contribution in [0.4, 0.5) is 4.39 Å². The van der Waals surface area contributed by atoms with E-state index in [1.54, 1.807) is 6.07 Å². The van der Waals surface area contributed by atoms with Crippen molar-refractivity contribution in [3.63, 3.8) is 0 Å². The minimum Gasteiger partial charge on any atom is -0.310 e. The molecule has 1 rings (SSSR count). The van der Waals surface area contributed by atoms with E-state index < -0.39 is 0 Å². The largest absolute Gasteiger partial charge is 0.310 e. The molecule has 0 amide bonds. The van der Waals surface area contributed by atoms with Crippen LogP contribution in [0.1, 0.15) is 38.7 Å². The van der Waals surface area contributed by atoms with Crippen molar-refractivity contribution in [3.8, 4) is 0 Å². The first-order chi connectivity index (χ1) is 7.65. The number of hydrogen-bond acceptors (Lipinski definition) is 1. The van der Waals surface area contributed by atoms with Gasteiger partial charge in [0.05, 0.1) is 4.47 Å². The standard InChI is InChI=1S/C13H19BrFN/c1-3-4-6-10(2)16-9-11-7-5-8-12(15)13(11)14/h5,7-8,10,16H,3-4,6,9H2,1-2H3. The average Bonchev–Trinajstić information content (AvgIpc) is 2.28. The van der Waals surface area contributed by atoms with E-state index in [1.807, 2.05) is 6.07 Å². The third-order valence-electron chi connectivity index (χ3n) is 2.66. The average molecular weight is 288 g/mol. The number of benzene rings is 1. The van der Waals surface area contributed by atoms with Crippen molar-refractivity contribution in [2.24, 2.45) is 0 Å². The van der Waals surface area contributed by atoms with E-state index in [-0.39, 0.29) is 5.82 Å². The molecule has 0 aromatic heterocycles. The molecule has 0 saturated heterocycles. The molecule has 1 aromatic carbocycles. The molecule has 1 nitrogen and oxygen atoms in total. The van der Waals surface area contributed by atoms with E-state index in [2.05, 4.69) is 35.1 Å². The molecule has 1 N–H and O–H groups in total. The molecule has 0 bridgehead atoms. The zero-order valence-corrected chi connectivity index (χ0v) is 11.5. The Hall–Kier alpha value is -0.410. The summed E-state index contributed by atoms with van der Waals surface area (Å²) in [5.74, 6) is -0.194. The van der Waals surface area contributed by atoms with Gasteiger partial charge in [0.2, 0.25) is 0 Å². The Balaban J connectivity index is 2.45. The lowest BCUT2D eigenvalue weighted by Crippen LogP contribution is -2.25. The summed E-state index contributed by atoms with van der Waals surface area (Å²) in [6, 6.07) is 5.63. The van der Waals surface area contributed by atoms with E-state index in [9.17, 15) is 4.39 Å². The van der Waals surface area contributed by atoms with Gasteiger partial charge in [0.15, 0.2) is 0 Å². The predicted molar refractivity (Wildman–Crippen MR) is 69.9 cm³/mol. The zero-order chi connectivity index (χ0) is 12.0. The smallest absolute Gasteiger partial charge is 0.137 e. The van der Waals surface area contributed by atoms with Crippen molar-refractivity contribution in [2.75, 3.05) is 0 Å². The molecule has 1 unspecified atom stereocenters. The Kier molecular flexibility index (Phi) is 5.99. The van der Waals surface area contributed by atoms with E-state index in [0.29, 0.717) is 17.1 Å². The van der Waals surface area contributed by atoms with Crippen molar-refractivity contribution < 1.29 is 4.39 Å². The summed E-state index contributed by atoms with van der Waals surface area (Å²) in [6.07, 6.45) is 3.62. The fraction of sp³-hybridized carbons (Fsp3) is 0.538. The first-order valence-corrected chi connectivity index (χ1v) is 6.60. The molecule has 0 radical (unpaired) electrons. The highest BCUT2D eigenvalue weighted by atomic mass is 79.9. The predicted octanol–water partition coefficient (Wildman–Crippen LogP) is 4.26. The van der Waals surface area contributed by atoms with Crippen LogP contribution in [-0.4, -0.2) is 6.04 Å². The third-order valence-corrected chi connectivity index (χ3v) is 3.55. The van der Waals surface area contributed by atoms with Crippen LogP contribution >= 0.6 is 15.9 Å². The van der Waals surface area contributed by atoms with Gasteiger partial charge in [-0.2, -0.15) is 0 Å². The van der Waals surface area contributed by atoms with Gasteiger partial charge in [0.1, 0.15) is 5.82 Å². The number of rotatable bonds is 6. The highest BCUT2D eigenvalue weighted by Crippen LogP contribution is 2.20. The van der Waals surface area contributed by atoms with Crippen molar-refractivity contribution in [2.45, 2.75) is 45.7 Å². The summed E-state index contributed by atoms with van der Waals surface area (Å²) < 4.78 is 13.8.